The van der Waals surface area contributed by atoms with E-state index in [1.54, 1.807) is 42.5 Å². The van der Waals surface area contributed by atoms with Crippen LogP contribution < -0.4 is 9.47 Å². The predicted molar refractivity (Wildman–Crippen MR) is 93.6 cm³/mol. The van der Waals surface area contributed by atoms with Crippen molar-refractivity contribution in [2.24, 2.45) is 0 Å². The van der Waals surface area contributed by atoms with E-state index in [4.69, 9.17) is 19.7 Å². The van der Waals surface area contributed by atoms with Crippen molar-refractivity contribution in [2.45, 2.75) is 0 Å². The van der Waals surface area contributed by atoms with Gasteiger partial charge in [0.05, 0.1) is 18.1 Å². The van der Waals surface area contributed by atoms with Crippen molar-refractivity contribution in [1.29, 1.82) is 0 Å². The summed E-state index contributed by atoms with van der Waals surface area (Å²) >= 11 is 0. The zero-order valence-electron chi connectivity index (χ0n) is 13.5. The van der Waals surface area contributed by atoms with Gasteiger partial charge in [0.2, 0.25) is 0 Å². The SMILES string of the molecule is O=[N+]([O-])c1ccc(C=Cc2cc(OCCO)ccc2OCCO)cc1. The van der Waals surface area contributed by atoms with Gasteiger partial charge < -0.3 is 19.7 Å². The number of aliphatic hydroxyl groups is 2. The molecule has 0 spiro atoms. The molecule has 0 aliphatic rings. The van der Waals surface area contributed by atoms with Crippen LogP contribution in [0.4, 0.5) is 5.69 Å². The lowest BCUT2D eigenvalue weighted by Gasteiger charge is -2.11. The number of hydrogen-bond acceptors (Lipinski definition) is 6. The van der Waals surface area contributed by atoms with Crippen molar-refractivity contribution in [3.8, 4) is 11.5 Å². The number of rotatable bonds is 9. The van der Waals surface area contributed by atoms with Gasteiger partial charge in [-0.3, -0.25) is 10.1 Å². The highest BCUT2D eigenvalue weighted by Crippen LogP contribution is 2.26. The largest absolute Gasteiger partial charge is 0.491 e. The summed E-state index contributed by atoms with van der Waals surface area (Å²) in [5, 5.41) is 28.4. The molecule has 0 aliphatic heterocycles. The van der Waals surface area contributed by atoms with Crippen LogP contribution >= 0.6 is 0 Å². The van der Waals surface area contributed by atoms with Gasteiger partial charge in [-0.05, 0) is 35.9 Å². The Kier molecular flexibility index (Phi) is 6.94. The first-order chi connectivity index (χ1) is 12.1. The number of ether oxygens (including phenoxy) is 2. The van der Waals surface area contributed by atoms with Crippen molar-refractivity contribution < 1.29 is 24.6 Å². The maximum absolute atomic E-state index is 10.7. The van der Waals surface area contributed by atoms with Crippen molar-refractivity contribution in [2.75, 3.05) is 26.4 Å². The van der Waals surface area contributed by atoms with Gasteiger partial charge in [0.1, 0.15) is 24.7 Å². The molecule has 0 aliphatic carbocycles. The number of nitro groups is 1. The van der Waals surface area contributed by atoms with Crippen molar-refractivity contribution in [1.82, 2.24) is 0 Å². The van der Waals surface area contributed by atoms with Crippen LogP contribution in [0.2, 0.25) is 0 Å². The van der Waals surface area contributed by atoms with Crippen LogP contribution in [-0.2, 0) is 0 Å². The Balaban J connectivity index is 2.22. The fraction of sp³-hybridized carbons (Fsp3) is 0.222. The van der Waals surface area contributed by atoms with Gasteiger partial charge in [0.15, 0.2) is 0 Å². The number of nitrogens with zero attached hydrogens (tertiary/aromatic N) is 1. The van der Waals surface area contributed by atoms with Crippen molar-refractivity contribution in [3.05, 3.63) is 63.7 Å². The zero-order chi connectivity index (χ0) is 18.1. The average Bonchev–Trinajstić information content (AvgIpc) is 2.64. The van der Waals surface area contributed by atoms with E-state index in [9.17, 15) is 10.1 Å². The lowest BCUT2D eigenvalue weighted by atomic mass is 10.1. The van der Waals surface area contributed by atoms with Gasteiger partial charge in [-0.1, -0.05) is 12.2 Å². The van der Waals surface area contributed by atoms with E-state index in [0.29, 0.717) is 11.5 Å². The molecular weight excluding hydrogens is 326 g/mol. The number of benzene rings is 2. The molecule has 132 valence electrons. The van der Waals surface area contributed by atoms with E-state index >= 15 is 0 Å². The first-order valence-corrected chi connectivity index (χ1v) is 7.68. The minimum Gasteiger partial charge on any atom is -0.491 e. The van der Waals surface area contributed by atoms with E-state index in [1.165, 1.54) is 12.1 Å². The molecule has 7 nitrogen and oxygen atoms in total. The summed E-state index contributed by atoms with van der Waals surface area (Å²) < 4.78 is 10.9. The maximum atomic E-state index is 10.7. The van der Waals surface area contributed by atoms with Crippen LogP contribution in [-0.4, -0.2) is 41.6 Å². The molecule has 0 bridgehead atoms. The Hall–Kier alpha value is -2.90. The third-order valence-electron chi connectivity index (χ3n) is 3.25. The van der Waals surface area contributed by atoms with Crippen LogP contribution in [0, 0.1) is 10.1 Å². The van der Waals surface area contributed by atoms with Gasteiger partial charge in [-0.2, -0.15) is 0 Å². The van der Waals surface area contributed by atoms with Crippen LogP contribution in [0.15, 0.2) is 42.5 Å². The summed E-state index contributed by atoms with van der Waals surface area (Å²) in [5.74, 6) is 1.15. The lowest BCUT2D eigenvalue weighted by molar-refractivity contribution is -0.384. The Morgan fingerprint density at radius 1 is 0.960 bits per heavy atom. The topological polar surface area (TPSA) is 102 Å². The van der Waals surface area contributed by atoms with Gasteiger partial charge in [0, 0.05) is 17.7 Å². The molecule has 2 rings (SSSR count). The summed E-state index contributed by atoms with van der Waals surface area (Å²) in [7, 11) is 0. The minimum absolute atomic E-state index is 0.0310. The molecule has 0 radical (unpaired) electrons. The van der Waals surface area contributed by atoms with Crippen LogP contribution in [0.3, 0.4) is 0 Å². The van der Waals surface area contributed by atoms with E-state index in [0.717, 1.165) is 11.1 Å². The van der Waals surface area contributed by atoms with E-state index in [2.05, 4.69) is 0 Å². The van der Waals surface area contributed by atoms with Crippen LogP contribution in [0.5, 0.6) is 11.5 Å². The lowest BCUT2D eigenvalue weighted by Crippen LogP contribution is -2.04. The molecule has 0 saturated heterocycles. The van der Waals surface area contributed by atoms with Crippen molar-refractivity contribution in [3.63, 3.8) is 0 Å². The van der Waals surface area contributed by atoms with Gasteiger partial charge in [0.25, 0.3) is 5.69 Å². The highest BCUT2D eigenvalue weighted by atomic mass is 16.6. The molecule has 0 fully saturated rings. The molecule has 25 heavy (non-hydrogen) atoms. The number of non-ortho nitro benzene ring substituents is 1. The minimum atomic E-state index is -0.448. The molecule has 0 aromatic heterocycles. The monoisotopic (exact) mass is 345 g/mol. The molecule has 2 N–H and O–H groups in total. The first-order valence-electron chi connectivity index (χ1n) is 7.68. The first kappa shape index (κ1) is 18.4. The zero-order valence-corrected chi connectivity index (χ0v) is 13.5. The molecule has 2 aromatic carbocycles. The Morgan fingerprint density at radius 3 is 2.28 bits per heavy atom. The highest BCUT2D eigenvalue weighted by Gasteiger charge is 2.05. The second-order valence-corrected chi connectivity index (χ2v) is 5.03. The smallest absolute Gasteiger partial charge is 0.269 e. The second-order valence-electron chi connectivity index (χ2n) is 5.03. The van der Waals surface area contributed by atoms with Crippen LogP contribution in [0.25, 0.3) is 12.2 Å². The Labute approximate surface area is 144 Å². The summed E-state index contributed by atoms with van der Waals surface area (Å²) in [6.45, 7) is 0.155. The maximum Gasteiger partial charge on any atom is 0.269 e. The number of nitro benzene ring substituents is 1. The fourth-order valence-electron chi connectivity index (χ4n) is 2.09. The van der Waals surface area contributed by atoms with Crippen LogP contribution in [0.1, 0.15) is 11.1 Å². The molecular formula is C18H19NO6. The number of hydrogen-bond donors (Lipinski definition) is 2. The molecule has 0 amide bonds. The summed E-state index contributed by atoms with van der Waals surface area (Å²) in [5.41, 5.74) is 1.55. The normalized spacial score (nSPS) is 10.8. The summed E-state index contributed by atoms with van der Waals surface area (Å²) in [4.78, 5) is 10.2. The summed E-state index contributed by atoms with van der Waals surface area (Å²) in [6, 6.07) is 11.4. The van der Waals surface area contributed by atoms with E-state index in [-0.39, 0.29) is 32.1 Å². The van der Waals surface area contributed by atoms with Gasteiger partial charge in [-0.15, -0.1) is 0 Å². The van der Waals surface area contributed by atoms with Crippen molar-refractivity contribution >= 4 is 17.8 Å². The fourth-order valence-corrected chi connectivity index (χ4v) is 2.09. The second kappa shape index (κ2) is 9.41. The Morgan fingerprint density at radius 2 is 1.64 bits per heavy atom. The quantitative estimate of drug-likeness (QED) is 0.411. The molecule has 0 saturated carbocycles. The molecule has 2 aromatic rings. The third-order valence-corrected chi connectivity index (χ3v) is 3.25. The molecule has 0 unspecified atom stereocenters. The average molecular weight is 345 g/mol. The summed E-state index contributed by atoms with van der Waals surface area (Å²) in [6.07, 6.45) is 3.58. The van der Waals surface area contributed by atoms with E-state index in [1.807, 2.05) is 0 Å². The van der Waals surface area contributed by atoms with Gasteiger partial charge >= 0.3 is 0 Å². The van der Waals surface area contributed by atoms with E-state index < -0.39 is 4.92 Å². The Bertz CT molecular complexity index is 727. The highest BCUT2D eigenvalue weighted by molar-refractivity contribution is 5.73. The third kappa shape index (κ3) is 5.59. The van der Waals surface area contributed by atoms with Gasteiger partial charge in [-0.25, -0.2) is 0 Å². The standard InChI is InChI=1S/C18H19NO6/c20-9-11-24-17-7-8-18(25-12-10-21)15(13-17)4-1-14-2-5-16(6-3-14)19(22)23/h1-8,13,20-21H,9-12H2. The molecule has 0 heterocycles. The number of aliphatic hydroxyl groups excluding tert-OH is 2. The molecule has 0 atom stereocenters. The molecule has 7 heteroatoms. The predicted octanol–water partition coefficient (Wildman–Crippen LogP) is 2.51.